The van der Waals surface area contributed by atoms with E-state index < -0.39 is 5.54 Å². The van der Waals surface area contributed by atoms with Crippen LogP contribution < -0.4 is 11.1 Å². The Bertz CT molecular complexity index is 406. The molecule has 1 saturated carbocycles. The summed E-state index contributed by atoms with van der Waals surface area (Å²) < 4.78 is 0. The molecule has 3 heteroatoms. The summed E-state index contributed by atoms with van der Waals surface area (Å²) in [4.78, 5) is 0. The minimum Gasteiger partial charge on any atom is -0.396 e. The highest BCUT2D eigenvalue weighted by molar-refractivity contribution is 5.30. The fourth-order valence-corrected chi connectivity index (χ4v) is 3.23. The van der Waals surface area contributed by atoms with Gasteiger partial charge in [-0.1, -0.05) is 24.3 Å². The Hall–Kier alpha value is -0.900. The Morgan fingerprint density at radius 1 is 1.20 bits per heavy atom. The Morgan fingerprint density at radius 2 is 1.80 bits per heavy atom. The van der Waals surface area contributed by atoms with Crippen LogP contribution in [0.15, 0.2) is 24.3 Å². The molecule has 2 rings (SSSR count). The van der Waals surface area contributed by atoms with Crippen molar-refractivity contribution in [3.05, 3.63) is 35.4 Å². The summed E-state index contributed by atoms with van der Waals surface area (Å²) >= 11 is 0. The number of aliphatic hydroxyl groups is 1. The van der Waals surface area contributed by atoms with Crippen molar-refractivity contribution in [2.24, 2.45) is 5.73 Å². The normalized spacial score (nSPS) is 26.2. The third-order valence-corrected chi connectivity index (χ3v) is 4.81. The molecule has 1 unspecified atom stereocenters. The lowest BCUT2D eigenvalue weighted by Gasteiger charge is -2.29. The van der Waals surface area contributed by atoms with E-state index in [1.165, 1.54) is 31.2 Å². The Morgan fingerprint density at radius 3 is 2.30 bits per heavy atom. The highest BCUT2D eigenvalue weighted by Gasteiger charge is 2.23. The average Bonchev–Trinajstić information content (AvgIpc) is 2.47. The molecule has 0 spiro atoms. The van der Waals surface area contributed by atoms with Gasteiger partial charge in [-0.05, 0) is 63.1 Å². The molecule has 1 aliphatic rings. The van der Waals surface area contributed by atoms with Crippen molar-refractivity contribution >= 4 is 0 Å². The SMILES string of the molecule is CNC1CCC(c2ccc(C(C)(N)CCO)cc2)CC1. The van der Waals surface area contributed by atoms with Crippen molar-refractivity contribution in [2.45, 2.75) is 56.5 Å². The lowest BCUT2D eigenvalue weighted by Crippen LogP contribution is -2.34. The molecule has 20 heavy (non-hydrogen) atoms. The van der Waals surface area contributed by atoms with E-state index in [0.29, 0.717) is 18.4 Å². The smallest absolute Gasteiger partial charge is 0.0451 e. The van der Waals surface area contributed by atoms with Gasteiger partial charge in [0.1, 0.15) is 0 Å². The standard InChI is InChI=1S/C17H28N2O/c1-17(18,11-12-20)15-7-3-13(4-8-15)14-5-9-16(19-2)10-6-14/h3-4,7-8,14,16,19-20H,5-6,9-12,18H2,1-2H3. The first-order valence-electron chi connectivity index (χ1n) is 7.74. The summed E-state index contributed by atoms with van der Waals surface area (Å²) in [5, 5.41) is 12.5. The van der Waals surface area contributed by atoms with E-state index in [1.54, 1.807) is 0 Å². The maximum absolute atomic E-state index is 9.08. The van der Waals surface area contributed by atoms with E-state index in [0.717, 1.165) is 5.56 Å². The number of nitrogens with one attached hydrogen (secondary N) is 1. The molecule has 1 atom stereocenters. The summed E-state index contributed by atoms with van der Waals surface area (Å²) in [6.07, 6.45) is 5.66. The molecule has 0 heterocycles. The molecular formula is C17H28N2O. The minimum atomic E-state index is -0.433. The van der Waals surface area contributed by atoms with Gasteiger partial charge in [0.25, 0.3) is 0 Å². The first-order valence-corrected chi connectivity index (χ1v) is 7.74. The molecule has 1 aromatic rings. The van der Waals surface area contributed by atoms with Gasteiger partial charge in [0, 0.05) is 18.2 Å². The van der Waals surface area contributed by atoms with E-state index in [4.69, 9.17) is 10.8 Å². The fraction of sp³-hybridized carbons (Fsp3) is 0.647. The maximum atomic E-state index is 9.08. The second-order valence-corrected chi connectivity index (χ2v) is 6.35. The lowest BCUT2D eigenvalue weighted by atomic mass is 9.80. The molecule has 0 radical (unpaired) electrons. The maximum Gasteiger partial charge on any atom is 0.0451 e. The quantitative estimate of drug-likeness (QED) is 0.774. The van der Waals surface area contributed by atoms with E-state index in [-0.39, 0.29) is 6.61 Å². The molecule has 112 valence electrons. The van der Waals surface area contributed by atoms with Crippen molar-refractivity contribution in [1.29, 1.82) is 0 Å². The van der Waals surface area contributed by atoms with Gasteiger partial charge in [-0.15, -0.1) is 0 Å². The van der Waals surface area contributed by atoms with Gasteiger partial charge in [0.2, 0.25) is 0 Å². The van der Waals surface area contributed by atoms with Gasteiger partial charge >= 0.3 is 0 Å². The van der Waals surface area contributed by atoms with Gasteiger partial charge in [0.15, 0.2) is 0 Å². The second kappa shape index (κ2) is 6.70. The Balaban J connectivity index is 2.02. The molecule has 1 fully saturated rings. The highest BCUT2D eigenvalue weighted by Crippen LogP contribution is 2.33. The summed E-state index contributed by atoms with van der Waals surface area (Å²) in [6, 6.07) is 9.41. The first kappa shape index (κ1) is 15.5. The topological polar surface area (TPSA) is 58.3 Å². The van der Waals surface area contributed by atoms with Crippen LogP contribution in [0.1, 0.15) is 56.1 Å². The lowest BCUT2D eigenvalue weighted by molar-refractivity contribution is 0.247. The summed E-state index contributed by atoms with van der Waals surface area (Å²) in [5.41, 5.74) is 8.36. The molecule has 0 bridgehead atoms. The molecule has 4 N–H and O–H groups in total. The second-order valence-electron chi connectivity index (χ2n) is 6.35. The number of nitrogens with two attached hydrogens (primary N) is 1. The van der Waals surface area contributed by atoms with Crippen LogP contribution in [0.3, 0.4) is 0 Å². The van der Waals surface area contributed by atoms with Crippen LogP contribution in [0.25, 0.3) is 0 Å². The number of rotatable bonds is 5. The van der Waals surface area contributed by atoms with Crippen molar-refractivity contribution in [2.75, 3.05) is 13.7 Å². The molecule has 0 aromatic heterocycles. The van der Waals surface area contributed by atoms with Gasteiger partial charge < -0.3 is 16.2 Å². The zero-order valence-electron chi connectivity index (χ0n) is 12.7. The van der Waals surface area contributed by atoms with Crippen LogP contribution in [0.4, 0.5) is 0 Å². The average molecular weight is 276 g/mol. The van der Waals surface area contributed by atoms with Gasteiger partial charge in [-0.2, -0.15) is 0 Å². The summed E-state index contributed by atoms with van der Waals surface area (Å²) in [6.45, 7) is 2.11. The van der Waals surface area contributed by atoms with Crippen LogP contribution in [-0.4, -0.2) is 24.8 Å². The van der Waals surface area contributed by atoms with Gasteiger partial charge in [-0.25, -0.2) is 0 Å². The Labute approximate surface area is 122 Å². The minimum absolute atomic E-state index is 0.128. The van der Waals surface area contributed by atoms with E-state index in [1.807, 2.05) is 6.92 Å². The van der Waals surface area contributed by atoms with E-state index in [9.17, 15) is 0 Å². The third-order valence-electron chi connectivity index (χ3n) is 4.81. The monoisotopic (exact) mass is 276 g/mol. The molecule has 0 aliphatic heterocycles. The Kier molecular flexibility index (Phi) is 5.19. The molecule has 0 saturated heterocycles. The number of hydrogen-bond donors (Lipinski definition) is 3. The van der Waals surface area contributed by atoms with Gasteiger partial charge in [-0.3, -0.25) is 0 Å². The van der Waals surface area contributed by atoms with E-state index >= 15 is 0 Å². The predicted octanol–water partition coefficient (Wildman–Crippen LogP) is 2.49. The zero-order valence-corrected chi connectivity index (χ0v) is 12.7. The van der Waals surface area contributed by atoms with E-state index in [2.05, 4.69) is 36.6 Å². The highest BCUT2D eigenvalue weighted by atomic mass is 16.3. The molecular weight excluding hydrogens is 248 g/mol. The summed E-state index contributed by atoms with van der Waals surface area (Å²) in [5.74, 6) is 0.690. The molecule has 0 amide bonds. The number of benzene rings is 1. The number of aliphatic hydroxyl groups excluding tert-OH is 1. The van der Waals surface area contributed by atoms with Gasteiger partial charge in [0.05, 0.1) is 0 Å². The molecule has 3 nitrogen and oxygen atoms in total. The van der Waals surface area contributed by atoms with Crippen molar-refractivity contribution < 1.29 is 5.11 Å². The van der Waals surface area contributed by atoms with Crippen LogP contribution in [0, 0.1) is 0 Å². The fourth-order valence-electron chi connectivity index (χ4n) is 3.23. The zero-order chi connectivity index (χ0) is 14.6. The summed E-state index contributed by atoms with van der Waals surface area (Å²) in [7, 11) is 2.06. The molecule has 1 aromatic carbocycles. The predicted molar refractivity (Wildman–Crippen MR) is 83.7 cm³/mol. The number of hydrogen-bond acceptors (Lipinski definition) is 3. The van der Waals surface area contributed by atoms with Crippen LogP contribution in [0.5, 0.6) is 0 Å². The van der Waals surface area contributed by atoms with Crippen molar-refractivity contribution in [3.63, 3.8) is 0 Å². The van der Waals surface area contributed by atoms with Crippen LogP contribution in [0.2, 0.25) is 0 Å². The third kappa shape index (κ3) is 3.60. The molecule has 1 aliphatic carbocycles. The van der Waals surface area contributed by atoms with Crippen molar-refractivity contribution in [3.8, 4) is 0 Å². The first-order chi connectivity index (χ1) is 9.56. The van der Waals surface area contributed by atoms with Crippen LogP contribution in [-0.2, 0) is 5.54 Å². The van der Waals surface area contributed by atoms with Crippen molar-refractivity contribution in [1.82, 2.24) is 5.32 Å². The largest absolute Gasteiger partial charge is 0.396 e. The van der Waals surface area contributed by atoms with Crippen LogP contribution >= 0.6 is 0 Å².